The Labute approximate surface area is 97.0 Å². The molecule has 0 bridgehead atoms. The normalized spacial score (nSPS) is 20.2. The first-order valence-electron chi connectivity index (χ1n) is 5.47. The number of hydrogen-bond acceptors (Lipinski definition) is 3. The summed E-state index contributed by atoms with van der Waals surface area (Å²) in [7, 11) is 2.14. The summed E-state index contributed by atoms with van der Waals surface area (Å²) in [6.07, 6.45) is 1.60. The zero-order chi connectivity index (χ0) is 11.8. The van der Waals surface area contributed by atoms with Gasteiger partial charge in [-0.1, -0.05) is 30.3 Å². The lowest BCUT2D eigenvalue weighted by Gasteiger charge is -2.11. The predicted octanol–water partition coefficient (Wildman–Crippen LogP) is 1.72. The lowest BCUT2D eigenvalue weighted by atomic mass is 10.2. The van der Waals surface area contributed by atoms with Gasteiger partial charge in [-0.25, -0.2) is 0 Å². The highest BCUT2D eigenvalue weighted by Crippen LogP contribution is 2.12. The second-order valence-electron chi connectivity index (χ2n) is 3.97. The molecule has 0 radical (unpaired) electrons. The summed E-state index contributed by atoms with van der Waals surface area (Å²) >= 11 is 0. The number of nitrogens with zero attached hydrogens (tertiary/aromatic N) is 1. The maximum Gasteiger partial charge on any atom is 0.106 e. The lowest BCUT2D eigenvalue weighted by Crippen LogP contribution is -2.18. The smallest absolute Gasteiger partial charge is 0.106 e. The van der Waals surface area contributed by atoms with Crippen molar-refractivity contribution >= 4 is 6.79 Å². The molecule has 0 spiro atoms. The van der Waals surface area contributed by atoms with E-state index in [4.69, 9.17) is 9.53 Å². The second-order valence-corrected chi connectivity index (χ2v) is 3.97. The number of benzene rings is 1. The highest BCUT2D eigenvalue weighted by molar-refractivity contribution is 5.13. The van der Waals surface area contributed by atoms with E-state index in [0.717, 1.165) is 13.2 Å². The monoisotopic (exact) mass is 221 g/mol. The van der Waals surface area contributed by atoms with E-state index in [1.807, 2.05) is 12.9 Å². The minimum absolute atomic E-state index is 0.431. The fraction of sp³-hybridized carbons (Fsp3) is 0.462. The van der Waals surface area contributed by atoms with Crippen LogP contribution >= 0.6 is 0 Å². The summed E-state index contributed by atoms with van der Waals surface area (Å²) in [4.78, 5) is 10.3. The van der Waals surface area contributed by atoms with Gasteiger partial charge in [0.2, 0.25) is 0 Å². The standard InChI is InChI=1S/C12H17NO.CH2O/c1-13-8-7-12(9-13)14-10-11-5-3-2-4-6-11;1-2/h2-6,12H,7-10H2,1H3;1H2/t12-;/m1./s1. The average molecular weight is 221 g/mol. The molecule has 0 aliphatic carbocycles. The van der Waals surface area contributed by atoms with Crippen molar-refractivity contribution in [2.75, 3.05) is 20.1 Å². The van der Waals surface area contributed by atoms with E-state index in [0.29, 0.717) is 6.10 Å². The van der Waals surface area contributed by atoms with Gasteiger partial charge >= 0.3 is 0 Å². The van der Waals surface area contributed by atoms with E-state index in [2.05, 4.69) is 36.2 Å². The van der Waals surface area contributed by atoms with E-state index >= 15 is 0 Å². The van der Waals surface area contributed by atoms with Gasteiger partial charge in [-0.2, -0.15) is 0 Å². The van der Waals surface area contributed by atoms with Gasteiger partial charge in [0.25, 0.3) is 0 Å². The zero-order valence-electron chi connectivity index (χ0n) is 9.76. The number of rotatable bonds is 3. The van der Waals surface area contributed by atoms with Crippen LogP contribution in [0.3, 0.4) is 0 Å². The average Bonchev–Trinajstić information content (AvgIpc) is 2.77. The lowest BCUT2D eigenvalue weighted by molar-refractivity contribution is -0.0979. The molecule has 1 aromatic rings. The molecular weight excluding hydrogens is 202 g/mol. The van der Waals surface area contributed by atoms with Crippen LogP contribution in [0, 0.1) is 0 Å². The molecule has 0 unspecified atom stereocenters. The van der Waals surface area contributed by atoms with Crippen molar-refractivity contribution < 1.29 is 9.53 Å². The Hall–Kier alpha value is -1.19. The molecule has 1 heterocycles. The summed E-state index contributed by atoms with van der Waals surface area (Å²) < 4.78 is 5.82. The molecule has 0 amide bonds. The Morgan fingerprint density at radius 3 is 2.62 bits per heavy atom. The maximum atomic E-state index is 8.00. The Balaban J connectivity index is 0.000000606. The molecule has 1 aromatic carbocycles. The van der Waals surface area contributed by atoms with Crippen LogP contribution < -0.4 is 0 Å². The molecule has 0 N–H and O–H groups in total. The van der Waals surface area contributed by atoms with Crippen molar-refractivity contribution in [2.24, 2.45) is 0 Å². The van der Waals surface area contributed by atoms with Crippen LogP contribution in [0.4, 0.5) is 0 Å². The van der Waals surface area contributed by atoms with Crippen LogP contribution in [0.2, 0.25) is 0 Å². The first-order valence-corrected chi connectivity index (χ1v) is 5.47. The highest BCUT2D eigenvalue weighted by atomic mass is 16.5. The van der Waals surface area contributed by atoms with Crippen molar-refractivity contribution in [1.29, 1.82) is 0 Å². The number of ether oxygens (including phenoxy) is 1. The number of carbonyl (C=O) groups excluding carboxylic acids is 1. The Kier molecular flexibility index (Phi) is 5.75. The quantitative estimate of drug-likeness (QED) is 0.778. The summed E-state index contributed by atoms with van der Waals surface area (Å²) in [5, 5.41) is 0. The number of likely N-dealkylation sites (tertiary alicyclic amines) is 1. The SMILES string of the molecule is C=O.CN1CC[C@@H](OCc2ccccc2)C1. The fourth-order valence-corrected chi connectivity index (χ4v) is 1.82. The summed E-state index contributed by atoms with van der Waals surface area (Å²) in [6, 6.07) is 10.4. The largest absolute Gasteiger partial charge is 0.372 e. The van der Waals surface area contributed by atoms with Crippen LogP contribution in [-0.4, -0.2) is 37.9 Å². The summed E-state index contributed by atoms with van der Waals surface area (Å²) in [5.74, 6) is 0. The van der Waals surface area contributed by atoms with Gasteiger partial charge in [-0.3, -0.25) is 0 Å². The molecule has 2 rings (SSSR count). The van der Waals surface area contributed by atoms with Gasteiger partial charge in [0, 0.05) is 13.1 Å². The van der Waals surface area contributed by atoms with Crippen molar-refractivity contribution in [3.63, 3.8) is 0 Å². The van der Waals surface area contributed by atoms with Crippen LogP contribution in [0.15, 0.2) is 30.3 Å². The molecule has 3 heteroatoms. The molecule has 1 aliphatic rings. The van der Waals surface area contributed by atoms with Gasteiger partial charge in [0.1, 0.15) is 6.79 Å². The van der Waals surface area contributed by atoms with E-state index < -0.39 is 0 Å². The van der Waals surface area contributed by atoms with Crippen molar-refractivity contribution in [3.8, 4) is 0 Å². The molecule has 1 atom stereocenters. The van der Waals surface area contributed by atoms with Gasteiger partial charge < -0.3 is 14.4 Å². The second kappa shape index (κ2) is 7.14. The topological polar surface area (TPSA) is 29.5 Å². The number of hydrogen-bond donors (Lipinski definition) is 0. The van der Waals surface area contributed by atoms with E-state index in [1.165, 1.54) is 18.5 Å². The molecule has 3 nitrogen and oxygen atoms in total. The molecule has 1 fully saturated rings. The van der Waals surface area contributed by atoms with Crippen LogP contribution in [0.1, 0.15) is 12.0 Å². The minimum Gasteiger partial charge on any atom is -0.372 e. The summed E-state index contributed by atoms with van der Waals surface area (Å²) in [5.41, 5.74) is 1.27. The van der Waals surface area contributed by atoms with Crippen molar-refractivity contribution in [3.05, 3.63) is 35.9 Å². The molecule has 0 saturated carbocycles. The van der Waals surface area contributed by atoms with Crippen LogP contribution in [-0.2, 0) is 16.1 Å². The van der Waals surface area contributed by atoms with Crippen LogP contribution in [0.25, 0.3) is 0 Å². The van der Waals surface area contributed by atoms with Crippen LogP contribution in [0.5, 0.6) is 0 Å². The molecule has 88 valence electrons. The van der Waals surface area contributed by atoms with E-state index in [-0.39, 0.29) is 0 Å². The third-order valence-corrected chi connectivity index (χ3v) is 2.68. The first-order chi connectivity index (χ1) is 7.84. The van der Waals surface area contributed by atoms with Gasteiger partial charge in [-0.15, -0.1) is 0 Å². The molecule has 1 saturated heterocycles. The van der Waals surface area contributed by atoms with E-state index in [1.54, 1.807) is 0 Å². The van der Waals surface area contributed by atoms with Gasteiger partial charge in [-0.05, 0) is 19.0 Å². The van der Waals surface area contributed by atoms with Crippen molar-refractivity contribution in [1.82, 2.24) is 4.90 Å². The van der Waals surface area contributed by atoms with E-state index in [9.17, 15) is 0 Å². The predicted molar refractivity (Wildman–Crippen MR) is 64.3 cm³/mol. The highest BCUT2D eigenvalue weighted by Gasteiger charge is 2.19. The molecule has 16 heavy (non-hydrogen) atoms. The van der Waals surface area contributed by atoms with Crippen molar-refractivity contribution in [2.45, 2.75) is 19.1 Å². The Bertz CT molecular complexity index is 289. The first kappa shape index (κ1) is 12.9. The third-order valence-electron chi connectivity index (χ3n) is 2.68. The number of carbonyl (C=O) groups is 1. The Morgan fingerprint density at radius 2 is 2.06 bits per heavy atom. The maximum absolute atomic E-state index is 8.00. The fourth-order valence-electron chi connectivity index (χ4n) is 1.82. The molecule has 0 aromatic heterocycles. The zero-order valence-corrected chi connectivity index (χ0v) is 9.76. The summed E-state index contributed by atoms with van der Waals surface area (Å²) in [6.45, 7) is 4.99. The minimum atomic E-state index is 0.431. The third kappa shape index (κ3) is 4.13. The molecular formula is C13H19NO2. The molecule has 1 aliphatic heterocycles. The van der Waals surface area contributed by atoms with Gasteiger partial charge in [0.05, 0.1) is 12.7 Å². The van der Waals surface area contributed by atoms with Gasteiger partial charge in [0.15, 0.2) is 0 Å². The Morgan fingerprint density at radius 1 is 1.38 bits per heavy atom. The number of likely N-dealkylation sites (N-methyl/N-ethyl adjacent to an activating group) is 1.